The Morgan fingerprint density at radius 2 is 1.84 bits per heavy atom. The van der Waals surface area contributed by atoms with E-state index in [1.54, 1.807) is 38.4 Å². The molecule has 0 saturated heterocycles. The Labute approximate surface area is 147 Å². The summed E-state index contributed by atoms with van der Waals surface area (Å²) in [6, 6.07) is 3.55. The van der Waals surface area contributed by atoms with Gasteiger partial charge in [0.15, 0.2) is 0 Å². The molecule has 0 fully saturated rings. The molecule has 1 aromatic rings. The molecule has 6 heteroatoms. The van der Waals surface area contributed by atoms with Gasteiger partial charge in [0.25, 0.3) is 0 Å². The minimum Gasteiger partial charge on any atom is -0.478 e. The Kier molecular flexibility index (Phi) is 6.33. The summed E-state index contributed by atoms with van der Waals surface area (Å²) in [5, 5.41) is 12.6. The highest BCUT2D eigenvalue weighted by molar-refractivity contribution is 5.97. The van der Waals surface area contributed by atoms with Gasteiger partial charge in [0.2, 0.25) is 0 Å². The van der Waals surface area contributed by atoms with Gasteiger partial charge in [0, 0.05) is 29.7 Å². The van der Waals surface area contributed by atoms with Crippen molar-refractivity contribution in [2.75, 3.05) is 0 Å². The second kappa shape index (κ2) is 8.46. The molecule has 1 aliphatic heterocycles. The zero-order chi connectivity index (χ0) is 18.4. The lowest BCUT2D eigenvalue weighted by Crippen LogP contribution is -2.32. The first-order valence-electron chi connectivity index (χ1n) is 8.43. The number of allylic oxidation sites excluding steroid dienone is 2. The van der Waals surface area contributed by atoms with Crippen molar-refractivity contribution in [2.24, 2.45) is 5.92 Å². The van der Waals surface area contributed by atoms with E-state index in [4.69, 9.17) is 4.74 Å². The van der Waals surface area contributed by atoms with Crippen molar-refractivity contribution in [3.8, 4) is 0 Å². The van der Waals surface area contributed by atoms with Crippen molar-refractivity contribution in [3.63, 3.8) is 0 Å². The molecule has 2 rings (SSSR count). The van der Waals surface area contributed by atoms with Crippen molar-refractivity contribution >= 4 is 11.9 Å². The van der Waals surface area contributed by atoms with Crippen LogP contribution in [0.4, 0.5) is 0 Å². The smallest absolute Gasteiger partial charge is 0.336 e. The number of aromatic nitrogens is 1. The fourth-order valence-electron chi connectivity index (χ4n) is 3.09. The highest BCUT2D eigenvalue weighted by Crippen LogP contribution is 2.34. The Balaban J connectivity index is 2.23. The van der Waals surface area contributed by atoms with E-state index in [-0.39, 0.29) is 12.2 Å². The quantitative estimate of drug-likeness (QED) is 0.739. The highest BCUT2D eigenvalue weighted by atomic mass is 16.5. The number of hydrogen-bond donors (Lipinski definition) is 2. The molecule has 0 aromatic carbocycles. The lowest BCUT2D eigenvalue weighted by molar-refractivity contribution is -0.141. The molecule has 2 heterocycles. The van der Waals surface area contributed by atoms with Crippen LogP contribution in [-0.2, 0) is 20.9 Å². The molecular weight excluding hydrogens is 320 g/mol. The zero-order valence-corrected chi connectivity index (χ0v) is 14.8. The molecule has 1 atom stereocenters. The minimum atomic E-state index is -1.00. The van der Waals surface area contributed by atoms with Crippen LogP contribution in [0.5, 0.6) is 0 Å². The summed E-state index contributed by atoms with van der Waals surface area (Å²) in [5.41, 5.74) is 2.72. The van der Waals surface area contributed by atoms with Crippen LogP contribution in [-0.4, -0.2) is 22.0 Å². The summed E-state index contributed by atoms with van der Waals surface area (Å²) >= 11 is 0. The average molecular weight is 344 g/mol. The van der Waals surface area contributed by atoms with Crippen LogP contribution in [0.15, 0.2) is 47.1 Å². The average Bonchev–Trinajstić information content (AvgIpc) is 2.58. The molecule has 1 aliphatic rings. The molecule has 0 saturated carbocycles. The monoisotopic (exact) mass is 344 g/mol. The third kappa shape index (κ3) is 4.47. The van der Waals surface area contributed by atoms with E-state index in [9.17, 15) is 14.7 Å². The number of nitrogens with one attached hydrogen (secondary N) is 1. The predicted octanol–water partition coefficient (Wildman–Crippen LogP) is 3.17. The normalized spacial score (nSPS) is 17.3. The van der Waals surface area contributed by atoms with Crippen molar-refractivity contribution in [1.29, 1.82) is 0 Å². The highest BCUT2D eigenvalue weighted by Gasteiger charge is 2.35. The molecule has 0 spiro atoms. The Morgan fingerprint density at radius 3 is 2.44 bits per heavy atom. The van der Waals surface area contributed by atoms with Crippen molar-refractivity contribution < 1.29 is 19.4 Å². The van der Waals surface area contributed by atoms with E-state index in [1.165, 1.54) is 0 Å². The summed E-state index contributed by atoms with van der Waals surface area (Å²) in [6.45, 7) is 5.68. The number of ether oxygens (including phenoxy) is 1. The van der Waals surface area contributed by atoms with E-state index in [0.29, 0.717) is 23.4 Å². The molecule has 134 valence electrons. The van der Waals surface area contributed by atoms with Gasteiger partial charge in [-0.1, -0.05) is 19.8 Å². The Morgan fingerprint density at radius 1 is 1.20 bits per heavy atom. The summed E-state index contributed by atoms with van der Waals surface area (Å²) in [5.74, 6) is -1.93. The van der Waals surface area contributed by atoms with Crippen molar-refractivity contribution in [3.05, 3.63) is 52.6 Å². The number of rotatable bonds is 7. The fourth-order valence-corrected chi connectivity index (χ4v) is 3.09. The summed E-state index contributed by atoms with van der Waals surface area (Å²) in [6.07, 6.45) is 5.63. The van der Waals surface area contributed by atoms with E-state index >= 15 is 0 Å². The maximum absolute atomic E-state index is 12.7. The number of carboxylic acid groups (broad SMARTS) is 1. The molecule has 25 heavy (non-hydrogen) atoms. The van der Waals surface area contributed by atoms with Gasteiger partial charge in [-0.3, -0.25) is 4.98 Å². The maximum Gasteiger partial charge on any atom is 0.336 e. The van der Waals surface area contributed by atoms with Crippen LogP contribution in [0.2, 0.25) is 0 Å². The Hall–Kier alpha value is -2.63. The van der Waals surface area contributed by atoms with E-state index in [2.05, 4.69) is 10.3 Å². The second-order valence-corrected chi connectivity index (χ2v) is 6.13. The number of carbonyl (C=O) groups is 2. The fraction of sp³-hybridized carbons (Fsp3) is 0.421. The van der Waals surface area contributed by atoms with Gasteiger partial charge in [-0.15, -0.1) is 0 Å². The molecule has 1 aromatic heterocycles. The zero-order valence-electron chi connectivity index (χ0n) is 14.8. The van der Waals surface area contributed by atoms with E-state index < -0.39 is 17.9 Å². The molecule has 0 radical (unpaired) electrons. The van der Waals surface area contributed by atoms with Gasteiger partial charge in [0.05, 0.1) is 11.1 Å². The first-order valence-corrected chi connectivity index (χ1v) is 8.43. The van der Waals surface area contributed by atoms with Gasteiger partial charge >= 0.3 is 11.9 Å². The SMILES string of the molecule is CCCCC1C(C(=O)O)=C(C)NC(C)=C1C(=O)OCc1ccncc1. The molecule has 1 unspecified atom stereocenters. The second-order valence-electron chi connectivity index (χ2n) is 6.13. The van der Waals surface area contributed by atoms with E-state index in [0.717, 1.165) is 18.4 Å². The molecule has 0 amide bonds. The predicted molar refractivity (Wildman–Crippen MR) is 93.2 cm³/mol. The first kappa shape index (κ1) is 18.7. The summed E-state index contributed by atoms with van der Waals surface area (Å²) < 4.78 is 5.43. The number of carboxylic acids is 1. The molecule has 0 aliphatic carbocycles. The maximum atomic E-state index is 12.7. The third-order valence-electron chi connectivity index (χ3n) is 4.30. The largest absolute Gasteiger partial charge is 0.478 e. The van der Waals surface area contributed by atoms with Crippen LogP contribution in [0, 0.1) is 5.92 Å². The van der Waals surface area contributed by atoms with Gasteiger partial charge in [0.1, 0.15) is 6.61 Å². The topological polar surface area (TPSA) is 88.5 Å². The van der Waals surface area contributed by atoms with Crippen molar-refractivity contribution in [2.45, 2.75) is 46.6 Å². The number of nitrogens with zero attached hydrogens (tertiary/aromatic N) is 1. The summed E-state index contributed by atoms with van der Waals surface area (Å²) in [4.78, 5) is 28.3. The first-order chi connectivity index (χ1) is 12.0. The van der Waals surface area contributed by atoms with Crippen LogP contribution < -0.4 is 5.32 Å². The minimum absolute atomic E-state index is 0.129. The van der Waals surface area contributed by atoms with Gasteiger partial charge < -0.3 is 15.2 Å². The number of unbranched alkanes of at least 4 members (excludes halogenated alkanes) is 1. The van der Waals surface area contributed by atoms with Gasteiger partial charge in [-0.25, -0.2) is 9.59 Å². The molecule has 2 N–H and O–H groups in total. The van der Waals surface area contributed by atoms with Crippen LogP contribution in [0.25, 0.3) is 0 Å². The van der Waals surface area contributed by atoms with Crippen LogP contribution >= 0.6 is 0 Å². The van der Waals surface area contributed by atoms with E-state index in [1.807, 2.05) is 6.92 Å². The summed E-state index contributed by atoms with van der Waals surface area (Å²) in [7, 11) is 0. The van der Waals surface area contributed by atoms with Crippen LogP contribution in [0.1, 0.15) is 45.6 Å². The number of esters is 1. The van der Waals surface area contributed by atoms with Crippen LogP contribution in [0.3, 0.4) is 0 Å². The number of pyridine rings is 1. The molecule has 0 bridgehead atoms. The number of dihydropyridines is 1. The van der Waals surface area contributed by atoms with Gasteiger partial charge in [-0.05, 0) is 38.0 Å². The standard InChI is InChI=1S/C19H24N2O4/c1-4-5-6-15-16(18(22)23)12(2)21-13(3)17(15)19(24)25-11-14-7-9-20-10-8-14/h7-10,15,21H,4-6,11H2,1-3H3,(H,22,23). The number of hydrogen-bond acceptors (Lipinski definition) is 5. The third-order valence-corrected chi connectivity index (χ3v) is 4.30. The van der Waals surface area contributed by atoms with Crippen molar-refractivity contribution in [1.82, 2.24) is 10.3 Å². The van der Waals surface area contributed by atoms with Gasteiger partial charge in [-0.2, -0.15) is 0 Å². The number of carbonyl (C=O) groups excluding carboxylic acids is 1. The molecule has 6 nitrogen and oxygen atoms in total. The molecular formula is C19H24N2O4. The number of aliphatic carboxylic acids is 1. The lowest BCUT2D eigenvalue weighted by atomic mass is 9.82. The lowest BCUT2D eigenvalue weighted by Gasteiger charge is -2.29. The Bertz CT molecular complexity index is 707.